The zero-order chi connectivity index (χ0) is 13.4. The maximum Gasteiger partial charge on any atom is 0.161 e. The predicted molar refractivity (Wildman–Crippen MR) is 73.3 cm³/mol. The summed E-state index contributed by atoms with van der Waals surface area (Å²) < 4.78 is 12.8. The molecule has 1 fully saturated rings. The van der Waals surface area contributed by atoms with Crippen molar-refractivity contribution in [3.05, 3.63) is 24.3 Å². The summed E-state index contributed by atoms with van der Waals surface area (Å²) in [5.74, 6) is 2.15. The highest BCUT2D eigenvalue weighted by atomic mass is 16.5. The van der Waals surface area contributed by atoms with E-state index in [0.29, 0.717) is 11.9 Å². The molecule has 3 rings (SSSR count). The Labute approximate surface area is 111 Å². The van der Waals surface area contributed by atoms with Gasteiger partial charge in [-0.25, -0.2) is 0 Å². The van der Waals surface area contributed by atoms with Crippen molar-refractivity contribution >= 4 is 5.82 Å². The topological polar surface area (TPSA) is 62.3 Å². The second kappa shape index (κ2) is 4.50. The number of nitrogen functional groups attached to an aromatic ring is 1. The van der Waals surface area contributed by atoms with Gasteiger partial charge < -0.3 is 15.2 Å². The van der Waals surface area contributed by atoms with Crippen LogP contribution in [0.25, 0.3) is 11.3 Å². The molecule has 5 heteroatoms. The van der Waals surface area contributed by atoms with Gasteiger partial charge in [-0.05, 0) is 31.0 Å². The van der Waals surface area contributed by atoms with E-state index in [1.807, 2.05) is 31.3 Å². The highest BCUT2D eigenvalue weighted by Crippen LogP contribution is 2.36. The van der Waals surface area contributed by atoms with Crippen LogP contribution in [0.1, 0.15) is 12.8 Å². The summed E-state index contributed by atoms with van der Waals surface area (Å²) in [6, 6.07) is 7.68. The highest BCUT2D eigenvalue weighted by Gasteiger charge is 2.25. The largest absolute Gasteiger partial charge is 0.493 e. The molecule has 1 aromatic heterocycles. The van der Waals surface area contributed by atoms with Crippen LogP contribution in [-0.2, 0) is 7.05 Å². The molecular weight excluding hydrogens is 242 g/mol. The first-order valence-electron chi connectivity index (χ1n) is 6.32. The number of hydrogen-bond acceptors (Lipinski definition) is 4. The molecule has 0 radical (unpaired) electrons. The monoisotopic (exact) mass is 259 g/mol. The highest BCUT2D eigenvalue weighted by molar-refractivity contribution is 5.66. The number of aromatic nitrogens is 2. The lowest BCUT2D eigenvalue weighted by atomic mass is 10.1. The van der Waals surface area contributed by atoms with Crippen molar-refractivity contribution in [2.45, 2.75) is 18.9 Å². The number of rotatable bonds is 4. The van der Waals surface area contributed by atoms with Crippen molar-refractivity contribution in [1.29, 1.82) is 0 Å². The first-order valence-corrected chi connectivity index (χ1v) is 6.32. The molecule has 0 bridgehead atoms. The third-order valence-corrected chi connectivity index (χ3v) is 3.19. The molecule has 0 aliphatic heterocycles. The first kappa shape index (κ1) is 11.9. The van der Waals surface area contributed by atoms with Crippen molar-refractivity contribution in [1.82, 2.24) is 9.78 Å². The number of ether oxygens (including phenoxy) is 2. The van der Waals surface area contributed by atoms with Gasteiger partial charge in [0.2, 0.25) is 0 Å². The maximum atomic E-state index is 5.80. The van der Waals surface area contributed by atoms with Gasteiger partial charge in [0.25, 0.3) is 0 Å². The number of anilines is 1. The van der Waals surface area contributed by atoms with Gasteiger partial charge in [0, 0.05) is 18.7 Å². The molecule has 19 heavy (non-hydrogen) atoms. The van der Waals surface area contributed by atoms with E-state index in [1.165, 1.54) is 0 Å². The minimum atomic E-state index is 0.352. The van der Waals surface area contributed by atoms with Crippen molar-refractivity contribution in [2.24, 2.45) is 7.05 Å². The average Bonchev–Trinajstić information content (AvgIpc) is 3.16. The van der Waals surface area contributed by atoms with E-state index in [1.54, 1.807) is 11.8 Å². The second-order valence-corrected chi connectivity index (χ2v) is 4.76. The van der Waals surface area contributed by atoms with E-state index in [4.69, 9.17) is 15.2 Å². The van der Waals surface area contributed by atoms with Gasteiger partial charge in [-0.3, -0.25) is 4.68 Å². The lowest BCUT2D eigenvalue weighted by molar-refractivity contribution is 0.282. The van der Waals surface area contributed by atoms with Crippen LogP contribution in [0.3, 0.4) is 0 Å². The van der Waals surface area contributed by atoms with E-state index in [2.05, 4.69) is 5.10 Å². The summed E-state index contributed by atoms with van der Waals surface area (Å²) in [5, 5.41) is 4.35. The third-order valence-electron chi connectivity index (χ3n) is 3.19. The Morgan fingerprint density at radius 3 is 2.63 bits per heavy atom. The molecule has 1 saturated carbocycles. The molecule has 1 aromatic carbocycles. The van der Waals surface area contributed by atoms with E-state index in [0.717, 1.165) is 35.6 Å². The number of aryl methyl sites for hydroxylation is 1. The van der Waals surface area contributed by atoms with Crippen LogP contribution in [0.5, 0.6) is 11.5 Å². The fourth-order valence-corrected chi connectivity index (χ4v) is 1.91. The molecule has 0 saturated heterocycles. The van der Waals surface area contributed by atoms with Crippen LogP contribution >= 0.6 is 0 Å². The molecule has 2 aromatic rings. The molecule has 1 aliphatic carbocycles. The molecule has 0 atom stereocenters. The van der Waals surface area contributed by atoms with Crippen LogP contribution in [0.2, 0.25) is 0 Å². The van der Waals surface area contributed by atoms with Gasteiger partial charge in [0.05, 0.1) is 18.9 Å². The minimum absolute atomic E-state index is 0.352. The molecule has 100 valence electrons. The predicted octanol–water partition coefficient (Wildman–Crippen LogP) is 2.22. The van der Waals surface area contributed by atoms with Gasteiger partial charge in [0.1, 0.15) is 5.82 Å². The molecule has 2 N–H and O–H groups in total. The average molecular weight is 259 g/mol. The molecule has 1 heterocycles. The summed E-state index contributed by atoms with van der Waals surface area (Å²) >= 11 is 0. The zero-order valence-electron chi connectivity index (χ0n) is 11.1. The van der Waals surface area contributed by atoms with Crippen molar-refractivity contribution in [3.8, 4) is 22.8 Å². The standard InChI is InChI=1S/C14H17N3O2/c1-17-14(15)8-11(16-17)9-3-6-12(13(7-9)18-2)19-10-4-5-10/h3,6-8,10H,4-5,15H2,1-2H3. The lowest BCUT2D eigenvalue weighted by Gasteiger charge is -2.10. The summed E-state index contributed by atoms with van der Waals surface area (Å²) in [6.07, 6.45) is 2.61. The lowest BCUT2D eigenvalue weighted by Crippen LogP contribution is -1.99. The quantitative estimate of drug-likeness (QED) is 0.914. The van der Waals surface area contributed by atoms with Gasteiger partial charge in [-0.15, -0.1) is 0 Å². The maximum absolute atomic E-state index is 5.80. The number of benzene rings is 1. The van der Waals surface area contributed by atoms with Crippen molar-refractivity contribution < 1.29 is 9.47 Å². The van der Waals surface area contributed by atoms with Crippen LogP contribution in [0.4, 0.5) is 5.82 Å². The Kier molecular flexibility index (Phi) is 2.81. The van der Waals surface area contributed by atoms with Crippen molar-refractivity contribution in [3.63, 3.8) is 0 Å². The van der Waals surface area contributed by atoms with E-state index < -0.39 is 0 Å². The van der Waals surface area contributed by atoms with Gasteiger partial charge in [0.15, 0.2) is 11.5 Å². The van der Waals surface area contributed by atoms with Crippen LogP contribution < -0.4 is 15.2 Å². The molecule has 5 nitrogen and oxygen atoms in total. The molecule has 0 spiro atoms. The van der Waals surface area contributed by atoms with E-state index in [-0.39, 0.29) is 0 Å². The minimum Gasteiger partial charge on any atom is -0.493 e. The molecule has 0 unspecified atom stereocenters. The van der Waals surface area contributed by atoms with E-state index in [9.17, 15) is 0 Å². The third kappa shape index (κ3) is 2.36. The fourth-order valence-electron chi connectivity index (χ4n) is 1.91. The second-order valence-electron chi connectivity index (χ2n) is 4.76. The zero-order valence-corrected chi connectivity index (χ0v) is 11.1. The Hall–Kier alpha value is -2.17. The van der Waals surface area contributed by atoms with E-state index >= 15 is 0 Å². The van der Waals surface area contributed by atoms with Crippen LogP contribution in [0, 0.1) is 0 Å². The smallest absolute Gasteiger partial charge is 0.161 e. The van der Waals surface area contributed by atoms with Gasteiger partial charge >= 0.3 is 0 Å². The summed E-state index contributed by atoms with van der Waals surface area (Å²) in [4.78, 5) is 0. The Bertz CT molecular complexity index is 583. The Morgan fingerprint density at radius 2 is 2.05 bits per heavy atom. The number of hydrogen-bond donors (Lipinski definition) is 1. The number of methoxy groups -OCH3 is 1. The van der Waals surface area contributed by atoms with Gasteiger partial charge in [-0.1, -0.05) is 0 Å². The molecule has 0 amide bonds. The first-order chi connectivity index (χ1) is 9.17. The Balaban J connectivity index is 1.93. The summed E-state index contributed by atoms with van der Waals surface area (Å²) in [7, 11) is 3.46. The normalized spacial score (nSPS) is 14.4. The summed E-state index contributed by atoms with van der Waals surface area (Å²) in [6.45, 7) is 0. The SMILES string of the molecule is COc1cc(-c2cc(N)n(C)n2)ccc1OC1CC1. The summed E-state index contributed by atoms with van der Waals surface area (Å²) in [5.41, 5.74) is 7.59. The molecular formula is C14H17N3O2. The number of nitrogens with two attached hydrogens (primary N) is 1. The van der Waals surface area contributed by atoms with Crippen LogP contribution in [0.15, 0.2) is 24.3 Å². The van der Waals surface area contributed by atoms with Crippen LogP contribution in [-0.4, -0.2) is 23.0 Å². The van der Waals surface area contributed by atoms with Crippen molar-refractivity contribution in [2.75, 3.05) is 12.8 Å². The van der Waals surface area contributed by atoms with Gasteiger partial charge in [-0.2, -0.15) is 5.10 Å². The molecule has 1 aliphatic rings. The fraction of sp³-hybridized carbons (Fsp3) is 0.357. The number of nitrogens with zero attached hydrogens (tertiary/aromatic N) is 2. The Morgan fingerprint density at radius 1 is 1.26 bits per heavy atom.